The highest BCUT2D eigenvalue weighted by Crippen LogP contribution is 2.05. The van der Waals surface area contributed by atoms with Gasteiger partial charge in [0.25, 0.3) is 0 Å². The normalized spacial score (nSPS) is 9.71. The zero-order valence-corrected chi connectivity index (χ0v) is 8.77. The molecule has 1 aromatic heterocycles. The molecule has 1 rings (SSSR count). The van der Waals surface area contributed by atoms with Crippen LogP contribution in [0.15, 0.2) is 17.0 Å². The number of rotatable bonds is 0. The van der Waals surface area contributed by atoms with E-state index in [4.69, 9.17) is 4.74 Å². The van der Waals surface area contributed by atoms with Crippen molar-refractivity contribution in [3.05, 3.63) is 12.5 Å². The van der Waals surface area contributed by atoms with Gasteiger partial charge in [0.2, 0.25) is 0 Å². The molecule has 0 saturated carbocycles. The van der Waals surface area contributed by atoms with E-state index in [9.17, 15) is 4.79 Å². The fourth-order valence-electron chi connectivity index (χ4n) is 0.465. The third-order valence-electron chi connectivity index (χ3n) is 0.886. The molecule has 0 aliphatic carbocycles. The van der Waals surface area contributed by atoms with Gasteiger partial charge in [-0.2, -0.15) is 0 Å². The van der Waals surface area contributed by atoms with Gasteiger partial charge in [0.15, 0.2) is 0 Å². The average Bonchev–Trinajstić information content (AvgIpc) is 2.57. The van der Waals surface area contributed by atoms with Crippen LogP contribution in [0.1, 0.15) is 20.8 Å². The molecule has 1 amide bonds. The van der Waals surface area contributed by atoms with Crippen molar-refractivity contribution in [3.8, 4) is 0 Å². The first-order valence-corrected chi connectivity index (χ1v) is 4.07. The molecule has 0 fully saturated rings. The van der Waals surface area contributed by atoms with Crippen LogP contribution in [-0.2, 0) is 4.74 Å². The van der Waals surface area contributed by atoms with E-state index in [-0.39, 0.29) is 11.7 Å². The van der Waals surface area contributed by atoms with Gasteiger partial charge in [-0.15, -0.1) is 5.10 Å². The highest BCUT2D eigenvalue weighted by atomic mass is 16.6. The standard InChI is InChI=1S/C6H13NO2.C2H2N2O/c1-6(2,3)9-5(8)7-4;1-2-5-4-3-1/h1-4H3,(H,7,8);1-2H. The van der Waals surface area contributed by atoms with Crippen molar-refractivity contribution < 1.29 is 14.1 Å². The molecule has 6 nitrogen and oxygen atoms in total. The number of nitrogens with one attached hydrogen (secondary N) is 1. The smallest absolute Gasteiger partial charge is 0.407 e. The van der Waals surface area contributed by atoms with Crippen LogP contribution in [0.2, 0.25) is 0 Å². The number of carbonyl (C=O) groups is 1. The van der Waals surface area contributed by atoms with Crippen LogP contribution in [0.25, 0.3) is 0 Å². The van der Waals surface area contributed by atoms with Gasteiger partial charge in [0.1, 0.15) is 11.9 Å². The van der Waals surface area contributed by atoms with E-state index in [2.05, 4.69) is 20.2 Å². The number of ether oxygens (including phenoxy) is 1. The van der Waals surface area contributed by atoms with Crippen LogP contribution in [0, 0.1) is 0 Å². The molecule has 0 aromatic carbocycles. The first-order chi connectivity index (χ1) is 6.45. The minimum absolute atomic E-state index is 0.387. The van der Waals surface area contributed by atoms with E-state index >= 15 is 0 Å². The summed E-state index contributed by atoms with van der Waals surface area (Å²) in [6, 6.07) is 0. The number of aromatic nitrogens is 2. The number of nitrogens with zero attached hydrogens (tertiary/aromatic N) is 2. The number of alkyl carbamates (subject to hydrolysis) is 1. The molecule has 0 unspecified atom stereocenters. The van der Waals surface area contributed by atoms with Crippen molar-refractivity contribution in [1.29, 1.82) is 0 Å². The minimum Gasteiger partial charge on any atom is -0.444 e. The largest absolute Gasteiger partial charge is 0.444 e. The summed E-state index contributed by atoms with van der Waals surface area (Å²) in [6.07, 6.45) is 2.49. The fourth-order valence-corrected chi connectivity index (χ4v) is 0.465. The second-order valence-electron chi connectivity index (χ2n) is 3.34. The second-order valence-corrected chi connectivity index (χ2v) is 3.34. The Morgan fingerprint density at radius 1 is 1.50 bits per heavy atom. The van der Waals surface area contributed by atoms with Crippen LogP contribution in [0.3, 0.4) is 0 Å². The summed E-state index contributed by atoms with van der Waals surface area (Å²) in [4.78, 5) is 10.5. The summed E-state index contributed by atoms with van der Waals surface area (Å²) >= 11 is 0. The predicted molar refractivity (Wildman–Crippen MR) is 49.6 cm³/mol. The summed E-state index contributed by atoms with van der Waals surface area (Å²) in [7, 11) is 1.54. The lowest BCUT2D eigenvalue weighted by Gasteiger charge is -2.18. The molecule has 0 bridgehead atoms. The first-order valence-electron chi connectivity index (χ1n) is 4.07. The van der Waals surface area contributed by atoms with E-state index in [0.29, 0.717) is 0 Å². The number of carbonyl (C=O) groups excluding carboxylic acids is 1. The van der Waals surface area contributed by atoms with Crippen LogP contribution in [0.5, 0.6) is 0 Å². The summed E-state index contributed by atoms with van der Waals surface area (Å²) in [5, 5.41) is 8.76. The van der Waals surface area contributed by atoms with Gasteiger partial charge in [-0.05, 0) is 20.8 Å². The van der Waals surface area contributed by atoms with E-state index in [1.165, 1.54) is 19.5 Å². The monoisotopic (exact) mass is 201 g/mol. The maximum Gasteiger partial charge on any atom is 0.407 e. The zero-order valence-electron chi connectivity index (χ0n) is 8.77. The molecule has 6 heteroatoms. The minimum atomic E-state index is -0.389. The molecule has 1 heterocycles. The Kier molecular flexibility index (Phi) is 5.28. The lowest BCUT2D eigenvalue weighted by Crippen LogP contribution is -2.30. The third kappa shape index (κ3) is 8.51. The summed E-state index contributed by atoms with van der Waals surface area (Å²) < 4.78 is 9.06. The molecule has 1 N–H and O–H groups in total. The van der Waals surface area contributed by atoms with E-state index < -0.39 is 0 Å². The Labute approximate surface area is 82.6 Å². The number of hydrogen-bond donors (Lipinski definition) is 1. The molecule has 0 aliphatic heterocycles. The van der Waals surface area contributed by atoms with Gasteiger partial charge < -0.3 is 14.6 Å². The topological polar surface area (TPSA) is 77.2 Å². The molecule has 0 atom stereocenters. The van der Waals surface area contributed by atoms with Gasteiger partial charge in [-0.3, -0.25) is 0 Å². The Morgan fingerprint density at radius 3 is 2.29 bits per heavy atom. The molecule has 14 heavy (non-hydrogen) atoms. The van der Waals surface area contributed by atoms with Crippen LogP contribution in [-0.4, -0.2) is 29.1 Å². The number of hydrogen-bond acceptors (Lipinski definition) is 5. The SMILES string of the molecule is CNC(=O)OC(C)(C)C.c1conn1. The van der Waals surface area contributed by atoms with Crippen LogP contribution < -0.4 is 5.32 Å². The third-order valence-corrected chi connectivity index (χ3v) is 0.886. The van der Waals surface area contributed by atoms with Crippen molar-refractivity contribution in [2.45, 2.75) is 26.4 Å². The predicted octanol–water partition coefficient (Wildman–Crippen LogP) is 1.21. The van der Waals surface area contributed by atoms with E-state index in [1.54, 1.807) is 0 Å². The Morgan fingerprint density at radius 2 is 2.14 bits per heavy atom. The Balaban J connectivity index is 0.000000280. The zero-order chi connectivity index (χ0) is 11.0. The van der Waals surface area contributed by atoms with Crippen molar-refractivity contribution in [2.24, 2.45) is 0 Å². The highest BCUT2D eigenvalue weighted by Gasteiger charge is 2.13. The van der Waals surface area contributed by atoms with Crippen molar-refractivity contribution in [3.63, 3.8) is 0 Å². The summed E-state index contributed by atoms with van der Waals surface area (Å²) in [5.41, 5.74) is -0.389. The molecule has 80 valence electrons. The molecule has 0 aliphatic rings. The Bertz CT molecular complexity index is 224. The molecular formula is C8H15N3O3. The van der Waals surface area contributed by atoms with Crippen LogP contribution in [0.4, 0.5) is 4.79 Å². The van der Waals surface area contributed by atoms with Crippen molar-refractivity contribution in [1.82, 2.24) is 15.7 Å². The van der Waals surface area contributed by atoms with Crippen LogP contribution >= 0.6 is 0 Å². The molecular weight excluding hydrogens is 186 g/mol. The Hall–Kier alpha value is -1.59. The van der Waals surface area contributed by atoms with Gasteiger partial charge >= 0.3 is 6.09 Å². The van der Waals surface area contributed by atoms with E-state index in [1.807, 2.05) is 20.8 Å². The first kappa shape index (κ1) is 12.4. The van der Waals surface area contributed by atoms with Gasteiger partial charge in [-0.25, -0.2) is 4.79 Å². The fraction of sp³-hybridized carbons (Fsp3) is 0.625. The van der Waals surface area contributed by atoms with E-state index in [0.717, 1.165) is 0 Å². The van der Waals surface area contributed by atoms with Gasteiger partial charge in [0.05, 0.1) is 6.20 Å². The lowest BCUT2D eigenvalue weighted by atomic mass is 10.2. The lowest BCUT2D eigenvalue weighted by molar-refractivity contribution is 0.0541. The number of amides is 1. The highest BCUT2D eigenvalue weighted by molar-refractivity contribution is 5.67. The van der Waals surface area contributed by atoms with Gasteiger partial charge in [0, 0.05) is 12.3 Å². The average molecular weight is 201 g/mol. The summed E-state index contributed by atoms with van der Waals surface area (Å²) in [5.74, 6) is 0. The van der Waals surface area contributed by atoms with Gasteiger partial charge in [-0.1, -0.05) is 0 Å². The second kappa shape index (κ2) is 5.95. The summed E-state index contributed by atoms with van der Waals surface area (Å²) in [6.45, 7) is 5.46. The molecule has 0 radical (unpaired) electrons. The maximum absolute atomic E-state index is 10.5. The molecule has 0 saturated heterocycles. The quantitative estimate of drug-likeness (QED) is 0.682. The van der Waals surface area contributed by atoms with Crippen molar-refractivity contribution in [2.75, 3.05) is 7.05 Å². The molecule has 0 spiro atoms. The van der Waals surface area contributed by atoms with Crippen molar-refractivity contribution >= 4 is 6.09 Å². The molecule has 1 aromatic rings. The maximum atomic E-state index is 10.5.